The van der Waals surface area contributed by atoms with Crippen LogP contribution in [0.4, 0.5) is 0 Å². The third kappa shape index (κ3) is 6.20. The summed E-state index contributed by atoms with van der Waals surface area (Å²) in [5, 5.41) is 3.23. The van der Waals surface area contributed by atoms with Crippen LogP contribution in [0.3, 0.4) is 0 Å². The number of hydrogen-bond donors (Lipinski definition) is 2. The average molecular weight is 297 g/mol. The molecule has 1 aliphatic carbocycles. The second kappa shape index (κ2) is 8.56. The van der Waals surface area contributed by atoms with Gasteiger partial charge >= 0.3 is 0 Å². The van der Waals surface area contributed by atoms with Crippen molar-refractivity contribution in [2.75, 3.05) is 60.0 Å². The molecule has 1 aliphatic heterocycles. The molecule has 2 rings (SSSR count). The van der Waals surface area contributed by atoms with Gasteiger partial charge in [0.25, 0.3) is 0 Å². The lowest BCUT2D eigenvalue weighted by Crippen LogP contribution is -2.39. The van der Waals surface area contributed by atoms with E-state index in [4.69, 9.17) is 10.5 Å². The van der Waals surface area contributed by atoms with Crippen molar-refractivity contribution >= 4 is 5.96 Å². The lowest BCUT2D eigenvalue weighted by atomic mass is 10.2. The quantitative estimate of drug-likeness (QED) is 0.374. The topological polar surface area (TPSA) is 66.1 Å². The third-order valence-electron chi connectivity index (χ3n) is 4.34. The van der Waals surface area contributed by atoms with Crippen molar-refractivity contribution in [3.05, 3.63) is 0 Å². The van der Waals surface area contributed by atoms with Gasteiger partial charge in [-0.2, -0.15) is 0 Å². The van der Waals surface area contributed by atoms with E-state index in [0.717, 1.165) is 58.3 Å². The molecule has 0 bridgehead atoms. The number of ether oxygens (including phenoxy) is 1. The van der Waals surface area contributed by atoms with Gasteiger partial charge in [0, 0.05) is 25.7 Å². The van der Waals surface area contributed by atoms with Gasteiger partial charge in [-0.1, -0.05) is 0 Å². The molecular weight excluding hydrogens is 266 g/mol. The average Bonchev–Trinajstić information content (AvgIpc) is 3.29. The van der Waals surface area contributed by atoms with Crippen LogP contribution < -0.4 is 11.1 Å². The Morgan fingerprint density at radius 2 is 2.10 bits per heavy atom. The highest BCUT2D eigenvalue weighted by Gasteiger charge is 2.32. The van der Waals surface area contributed by atoms with E-state index in [0.29, 0.717) is 12.0 Å². The van der Waals surface area contributed by atoms with E-state index in [1.54, 1.807) is 0 Å². The van der Waals surface area contributed by atoms with Crippen molar-refractivity contribution in [1.29, 1.82) is 0 Å². The van der Waals surface area contributed by atoms with Gasteiger partial charge in [0.1, 0.15) is 0 Å². The van der Waals surface area contributed by atoms with Crippen LogP contribution in [0, 0.1) is 5.92 Å². The van der Waals surface area contributed by atoms with Crippen LogP contribution in [0.5, 0.6) is 0 Å². The Balaban J connectivity index is 1.57. The first-order valence-electron chi connectivity index (χ1n) is 8.17. The fourth-order valence-electron chi connectivity index (χ4n) is 2.81. The minimum Gasteiger partial charge on any atom is -0.379 e. The number of morpholine rings is 1. The highest BCUT2D eigenvalue weighted by atomic mass is 16.5. The van der Waals surface area contributed by atoms with Gasteiger partial charge in [-0.3, -0.25) is 9.89 Å². The summed E-state index contributed by atoms with van der Waals surface area (Å²) in [7, 11) is 4.26. The second-order valence-corrected chi connectivity index (χ2v) is 6.33. The fraction of sp³-hybridized carbons (Fsp3) is 0.933. The molecule has 1 atom stereocenters. The lowest BCUT2D eigenvalue weighted by Gasteiger charge is -2.26. The SMILES string of the molecule is CN(C)C(CN=C(N)NCCCN1CCOCC1)C1CC1. The van der Waals surface area contributed by atoms with E-state index < -0.39 is 0 Å². The molecule has 122 valence electrons. The largest absolute Gasteiger partial charge is 0.379 e. The van der Waals surface area contributed by atoms with Crippen molar-refractivity contribution in [3.8, 4) is 0 Å². The van der Waals surface area contributed by atoms with E-state index in [1.807, 2.05) is 0 Å². The molecule has 3 N–H and O–H groups in total. The molecule has 1 heterocycles. The van der Waals surface area contributed by atoms with Crippen molar-refractivity contribution in [3.63, 3.8) is 0 Å². The molecule has 6 heteroatoms. The molecule has 0 spiro atoms. The minimum atomic E-state index is 0.540. The molecule has 2 aliphatic rings. The summed E-state index contributed by atoms with van der Waals surface area (Å²) in [4.78, 5) is 9.21. The summed E-state index contributed by atoms with van der Waals surface area (Å²) < 4.78 is 5.34. The van der Waals surface area contributed by atoms with Gasteiger partial charge in [-0.15, -0.1) is 0 Å². The molecule has 21 heavy (non-hydrogen) atoms. The first kappa shape index (κ1) is 16.5. The maximum atomic E-state index is 5.95. The van der Waals surface area contributed by atoms with Crippen LogP contribution in [0.1, 0.15) is 19.3 Å². The van der Waals surface area contributed by atoms with Gasteiger partial charge in [0.15, 0.2) is 5.96 Å². The second-order valence-electron chi connectivity index (χ2n) is 6.33. The molecule has 0 radical (unpaired) electrons. The Kier molecular flexibility index (Phi) is 6.73. The lowest BCUT2D eigenvalue weighted by molar-refractivity contribution is 0.0376. The molecule has 1 unspecified atom stereocenters. The van der Waals surface area contributed by atoms with E-state index in [2.05, 4.69) is 34.2 Å². The van der Waals surface area contributed by atoms with E-state index in [-0.39, 0.29) is 0 Å². The molecular formula is C15H31N5O. The molecule has 6 nitrogen and oxygen atoms in total. The summed E-state index contributed by atoms with van der Waals surface area (Å²) >= 11 is 0. The Hall–Kier alpha value is -0.850. The maximum Gasteiger partial charge on any atom is 0.188 e. The van der Waals surface area contributed by atoms with Crippen molar-refractivity contribution in [1.82, 2.24) is 15.1 Å². The molecule has 0 amide bonds. The monoisotopic (exact) mass is 297 g/mol. The first-order valence-corrected chi connectivity index (χ1v) is 8.17. The van der Waals surface area contributed by atoms with Crippen LogP contribution in [0.25, 0.3) is 0 Å². The number of aliphatic imine (C=N–C) groups is 1. The zero-order valence-electron chi connectivity index (χ0n) is 13.6. The fourth-order valence-corrected chi connectivity index (χ4v) is 2.81. The molecule has 2 fully saturated rings. The van der Waals surface area contributed by atoms with Crippen LogP contribution in [0.15, 0.2) is 4.99 Å². The van der Waals surface area contributed by atoms with E-state index >= 15 is 0 Å². The Bertz CT molecular complexity index is 322. The van der Waals surface area contributed by atoms with Crippen molar-refractivity contribution in [2.45, 2.75) is 25.3 Å². The molecule has 1 saturated carbocycles. The number of hydrogen-bond acceptors (Lipinski definition) is 4. The summed E-state index contributed by atoms with van der Waals surface area (Å²) in [6.45, 7) is 6.63. The zero-order valence-corrected chi connectivity index (χ0v) is 13.6. The van der Waals surface area contributed by atoms with Gasteiger partial charge < -0.3 is 20.7 Å². The zero-order chi connectivity index (χ0) is 15.1. The summed E-state index contributed by atoms with van der Waals surface area (Å²) in [5.41, 5.74) is 5.95. The Morgan fingerprint density at radius 3 is 2.71 bits per heavy atom. The van der Waals surface area contributed by atoms with Gasteiger partial charge in [-0.25, -0.2) is 0 Å². The smallest absolute Gasteiger partial charge is 0.188 e. The minimum absolute atomic E-state index is 0.540. The third-order valence-corrected chi connectivity index (χ3v) is 4.34. The molecule has 0 aromatic rings. The number of likely N-dealkylation sites (N-methyl/N-ethyl adjacent to an activating group) is 1. The van der Waals surface area contributed by atoms with Gasteiger partial charge in [0.05, 0.1) is 19.8 Å². The summed E-state index contributed by atoms with van der Waals surface area (Å²) in [5.74, 6) is 1.40. The summed E-state index contributed by atoms with van der Waals surface area (Å²) in [6.07, 6.45) is 3.77. The van der Waals surface area contributed by atoms with E-state index in [9.17, 15) is 0 Å². The maximum absolute atomic E-state index is 5.95. The molecule has 0 aromatic carbocycles. The number of nitrogens with one attached hydrogen (secondary N) is 1. The predicted octanol–water partition coefficient (Wildman–Crippen LogP) is -0.0468. The number of nitrogens with zero attached hydrogens (tertiary/aromatic N) is 3. The standard InChI is InChI=1S/C15H31N5O/c1-19(2)14(13-4-5-13)12-18-15(16)17-6-3-7-20-8-10-21-11-9-20/h13-14H,3-12H2,1-2H3,(H3,16,17,18). The van der Waals surface area contributed by atoms with Crippen molar-refractivity contribution in [2.24, 2.45) is 16.6 Å². The predicted molar refractivity (Wildman–Crippen MR) is 86.6 cm³/mol. The normalized spacial score (nSPS) is 22.5. The summed E-state index contributed by atoms with van der Waals surface area (Å²) in [6, 6.07) is 0.540. The highest BCUT2D eigenvalue weighted by molar-refractivity contribution is 5.77. The number of rotatable bonds is 8. The van der Waals surface area contributed by atoms with E-state index in [1.165, 1.54) is 12.8 Å². The Morgan fingerprint density at radius 1 is 1.38 bits per heavy atom. The highest BCUT2D eigenvalue weighted by Crippen LogP contribution is 2.34. The van der Waals surface area contributed by atoms with Crippen LogP contribution >= 0.6 is 0 Å². The number of guanidine groups is 1. The first-order chi connectivity index (χ1) is 10.2. The van der Waals surface area contributed by atoms with Crippen LogP contribution in [-0.2, 0) is 4.74 Å². The van der Waals surface area contributed by atoms with Crippen molar-refractivity contribution < 1.29 is 4.74 Å². The Labute approximate surface area is 128 Å². The number of nitrogens with two attached hydrogens (primary N) is 1. The molecule has 1 saturated heterocycles. The molecule has 0 aromatic heterocycles. The van der Waals surface area contributed by atoms with Crippen LogP contribution in [0.2, 0.25) is 0 Å². The van der Waals surface area contributed by atoms with Gasteiger partial charge in [-0.05, 0) is 45.8 Å². The van der Waals surface area contributed by atoms with Gasteiger partial charge in [0.2, 0.25) is 0 Å². The van der Waals surface area contributed by atoms with Crippen LogP contribution in [-0.4, -0.2) is 81.8 Å².